The van der Waals surface area contributed by atoms with Gasteiger partial charge in [0, 0.05) is 17.2 Å². The largest absolute Gasteiger partial charge is 0.507 e. The number of hydrogen-bond donors (Lipinski definition) is 1. The molecule has 0 heterocycles. The first-order valence-corrected chi connectivity index (χ1v) is 5.86. The molecule has 0 amide bonds. The second kappa shape index (κ2) is 4.21. The summed E-state index contributed by atoms with van der Waals surface area (Å²) in [4.78, 5) is 23.3. The minimum Gasteiger partial charge on any atom is -0.507 e. The lowest BCUT2D eigenvalue weighted by Gasteiger charge is -2.13. The summed E-state index contributed by atoms with van der Waals surface area (Å²) in [5.74, 6) is -1.42. The van der Waals surface area contributed by atoms with Gasteiger partial charge in [-0.2, -0.15) is 0 Å². The summed E-state index contributed by atoms with van der Waals surface area (Å²) >= 11 is 0. The van der Waals surface area contributed by atoms with Crippen LogP contribution in [0.2, 0.25) is 0 Å². The Labute approximate surface area is 109 Å². The SMILES string of the molecule is O=C1C=C(O)c2ccc(-c3ccccc3)cc2C1=O. The Kier molecular flexibility index (Phi) is 2.53. The summed E-state index contributed by atoms with van der Waals surface area (Å²) < 4.78 is 0. The van der Waals surface area contributed by atoms with Crippen molar-refractivity contribution in [2.75, 3.05) is 0 Å². The molecule has 0 saturated carbocycles. The van der Waals surface area contributed by atoms with Crippen LogP contribution in [0.1, 0.15) is 15.9 Å². The quantitative estimate of drug-likeness (QED) is 0.791. The van der Waals surface area contributed by atoms with E-state index in [4.69, 9.17) is 0 Å². The normalized spacial score (nSPS) is 14.0. The van der Waals surface area contributed by atoms with Gasteiger partial charge in [-0.1, -0.05) is 36.4 Å². The molecule has 0 fully saturated rings. The van der Waals surface area contributed by atoms with E-state index < -0.39 is 11.6 Å². The van der Waals surface area contributed by atoms with Crippen molar-refractivity contribution in [1.82, 2.24) is 0 Å². The maximum atomic E-state index is 11.8. The van der Waals surface area contributed by atoms with Crippen molar-refractivity contribution in [2.24, 2.45) is 0 Å². The molecule has 3 heteroatoms. The van der Waals surface area contributed by atoms with E-state index in [1.807, 2.05) is 36.4 Å². The van der Waals surface area contributed by atoms with Gasteiger partial charge < -0.3 is 5.11 Å². The fourth-order valence-electron chi connectivity index (χ4n) is 2.17. The predicted molar refractivity (Wildman–Crippen MR) is 71.8 cm³/mol. The molecule has 1 aliphatic carbocycles. The van der Waals surface area contributed by atoms with Gasteiger partial charge in [0.15, 0.2) is 0 Å². The third-order valence-corrected chi connectivity index (χ3v) is 3.14. The number of carbonyl (C=O) groups is 2. The molecule has 0 aliphatic heterocycles. The third-order valence-electron chi connectivity index (χ3n) is 3.14. The molecule has 3 rings (SSSR count). The van der Waals surface area contributed by atoms with Gasteiger partial charge in [-0.25, -0.2) is 0 Å². The van der Waals surface area contributed by atoms with E-state index in [2.05, 4.69) is 0 Å². The van der Waals surface area contributed by atoms with Crippen molar-refractivity contribution in [3.63, 3.8) is 0 Å². The lowest BCUT2D eigenvalue weighted by molar-refractivity contribution is -0.111. The van der Waals surface area contributed by atoms with Crippen molar-refractivity contribution in [1.29, 1.82) is 0 Å². The van der Waals surface area contributed by atoms with Crippen molar-refractivity contribution in [2.45, 2.75) is 0 Å². The van der Waals surface area contributed by atoms with Crippen LogP contribution in [0.4, 0.5) is 0 Å². The predicted octanol–water partition coefficient (Wildman–Crippen LogP) is 3.02. The molecule has 0 atom stereocenters. The molecule has 92 valence electrons. The number of hydrogen-bond acceptors (Lipinski definition) is 3. The number of Topliss-reactive ketones (excluding diaryl/α,β-unsaturated/α-hetero) is 1. The molecule has 0 unspecified atom stereocenters. The van der Waals surface area contributed by atoms with Gasteiger partial charge in [0.1, 0.15) is 5.76 Å². The van der Waals surface area contributed by atoms with Crippen molar-refractivity contribution in [3.05, 3.63) is 65.7 Å². The first-order valence-electron chi connectivity index (χ1n) is 5.86. The Morgan fingerprint density at radius 2 is 1.53 bits per heavy atom. The standard InChI is InChI=1S/C16H10O3/c17-14-9-15(18)16(19)13-8-11(6-7-12(13)14)10-4-2-1-3-5-10/h1-9,17H. The van der Waals surface area contributed by atoms with Gasteiger partial charge in [-0.05, 0) is 23.3 Å². The number of rotatable bonds is 1. The molecular weight excluding hydrogens is 240 g/mol. The molecule has 19 heavy (non-hydrogen) atoms. The Bertz CT molecular complexity index is 712. The summed E-state index contributed by atoms with van der Waals surface area (Å²) in [5, 5.41) is 9.70. The van der Waals surface area contributed by atoms with Crippen LogP contribution in [0.5, 0.6) is 0 Å². The molecular formula is C16H10O3. The van der Waals surface area contributed by atoms with Gasteiger partial charge >= 0.3 is 0 Å². The maximum Gasteiger partial charge on any atom is 0.233 e. The number of carbonyl (C=O) groups excluding carboxylic acids is 2. The van der Waals surface area contributed by atoms with Crippen LogP contribution >= 0.6 is 0 Å². The highest BCUT2D eigenvalue weighted by Crippen LogP contribution is 2.28. The van der Waals surface area contributed by atoms with Crippen LogP contribution in [0.3, 0.4) is 0 Å². The van der Waals surface area contributed by atoms with E-state index >= 15 is 0 Å². The molecule has 2 aromatic rings. The zero-order valence-electron chi connectivity index (χ0n) is 9.96. The molecule has 1 aliphatic rings. The van der Waals surface area contributed by atoms with E-state index in [1.54, 1.807) is 12.1 Å². The smallest absolute Gasteiger partial charge is 0.233 e. The Hall–Kier alpha value is -2.68. The third kappa shape index (κ3) is 1.85. The van der Waals surface area contributed by atoms with Gasteiger partial charge in [0.2, 0.25) is 11.6 Å². The van der Waals surface area contributed by atoms with Gasteiger partial charge in [-0.3, -0.25) is 9.59 Å². The van der Waals surface area contributed by atoms with E-state index in [9.17, 15) is 14.7 Å². The van der Waals surface area contributed by atoms with Crippen molar-refractivity contribution in [3.8, 4) is 11.1 Å². The number of fused-ring (bicyclic) bond motifs is 1. The van der Waals surface area contributed by atoms with Crippen LogP contribution in [-0.4, -0.2) is 16.7 Å². The van der Waals surface area contributed by atoms with Gasteiger partial charge in [0.25, 0.3) is 0 Å². The highest BCUT2D eigenvalue weighted by Gasteiger charge is 2.25. The first kappa shape index (κ1) is 11.4. The second-order valence-electron chi connectivity index (χ2n) is 4.35. The van der Waals surface area contributed by atoms with E-state index in [0.29, 0.717) is 5.56 Å². The number of allylic oxidation sites excluding steroid dienone is 1. The average molecular weight is 250 g/mol. The zero-order chi connectivity index (χ0) is 13.4. The Morgan fingerprint density at radius 1 is 0.789 bits per heavy atom. The lowest BCUT2D eigenvalue weighted by atomic mass is 9.90. The van der Waals surface area contributed by atoms with Gasteiger partial charge in [-0.15, -0.1) is 0 Å². The topological polar surface area (TPSA) is 54.4 Å². The van der Waals surface area contributed by atoms with Crippen LogP contribution in [0.15, 0.2) is 54.6 Å². The van der Waals surface area contributed by atoms with E-state index in [1.165, 1.54) is 0 Å². The highest BCUT2D eigenvalue weighted by molar-refractivity contribution is 6.50. The molecule has 0 radical (unpaired) electrons. The molecule has 0 saturated heterocycles. The summed E-state index contributed by atoms with van der Waals surface area (Å²) in [7, 11) is 0. The summed E-state index contributed by atoms with van der Waals surface area (Å²) in [6, 6.07) is 14.7. The zero-order valence-corrected chi connectivity index (χ0v) is 9.96. The molecule has 3 nitrogen and oxygen atoms in total. The van der Waals surface area contributed by atoms with Crippen LogP contribution in [0, 0.1) is 0 Å². The summed E-state index contributed by atoms with van der Waals surface area (Å²) in [5.41, 5.74) is 2.46. The minimum atomic E-state index is -0.685. The fourth-order valence-corrected chi connectivity index (χ4v) is 2.17. The number of benzene rings is 2. The first-order chi connectivity index (χ1) is 9.16. The Morgan fingerprint density at radius 3 is 2.26 bits per heavy atom. The fraction of sp³-hybridized carbons (Fsp3) is 0. The van der Waals surface area contributed by atoms with E-state index in [-0.39, 0.29) is 11.3 Å². The average Bonchev–Trinajstić information content (AvgIpc) is 2.45. The molecule has 1 N–H and O–H groups in total. The maximum absolute atomic E-state index is 11.8. The van der Waals surface area contributed by atoms with Crippen LogP contribution in [-0.2, 0) is 4.79 Å². The van der Waals surface area contributed by atoms with Crippen molar-refractivity contribution < 1.29 is 14.7 Å². The monoisotopic (exact) mass is 250 g/mol. The van der Waals surface area contributed by atoms with Crippen molar-refractivity contribution >= 4 is 17.3 Å². The van der Waals surface area contributed by atoms with Gasteiger partial charge in [0.05, 0.1) is 0 Å². The molecule has 0 bridgehead atoms. The molecule has 0 spiro atoms. The highest BCUT2D eigenvalue weighted by atomic mass is 16.3. The van der Waals surface area contributed by atoms with E-state index in [0.717, 1.165) is 17.2 Å². The summed E-state index contributed by atoms with van der Waals surface area (Å²) in [6.07, 6.45) is 0.965. The number of aliphatic hydroxyl groups excluding tert-OH is 1. The molecule has 2 aromatic carbocycles. The number of aliphatic hydroxyl groups is 1. The minimum absolute atomic E-state index is 0.154. The lowest BCUT2D eigenvalue weighted by Crippen LogP contribution is -2.18. The summed E-state index contributed by atoms with van der Waals surface area (Å²) in [6.45, 7) is 0. The van der Waals surface area contributed by atoms with Crippen LogP contribution < -0.4 is 0 Å². The Balaban J connectivity index is 2.18. The second-order valence-corrected chi connectivity index (χ2v) is 4.35. The number of ketones is 2. The molecule has 0 aromatic heterocycles. The van der Waals surface area contributed by atoms with Crippen LogP contribution in [0.25, 0.3) is 16.9 Å².